The highest BCUT2D eigenvalue weighted by molar-refractivity contribution is 5.37. The van der Waals surface area contributed by atoms with Crippen molar-refractivity contribution in [3.05, 3.63) is 35.4 Å². The van der Waals surface area contributed by atoms with Crippen molar-refractivity contribution in [2.45, 2.75) is 37.0 Å². The first kappa shape index (κ1) is 13.3. The number of aryl methyl sites for hydroxylation is 1. The number of alkyl halides is 5. The third kappa shape index (κ3) is 1.70. The maximum atomic E-state index is 13.5. The fourth-order valence-corrected chi connectivity index (χ4v) is 2.37. The van der Waals surface area contributed by atoms with E-state index in [1.165, 1.54) is 12.1 Å². The van der Waals surface area contributed by atoms with Crippen LogP contribution in [-0.2, 0) is 12.0 Å². The number of hydrogen-bond donors (Lipinski definition) is 1. The molecule has 1 nitrogen and oxygen atoms in total. The number of rotatable bonds is 1. The van der Waals surface area contributed by atoms with E-state index in [-0.39, 0.29) is 12.0 Å². The molecule has 2 rings (SSSR count). The van der Waals surface area contributed by atoms with E-state index in [9.17, 15) is 27.1 Å². The normalized spacial score (nSPS) is 24.8. The largest absolute Gasteiger partial charge is 0.456 e. The minimum atomic E-state index is -5.77. The molecule has 0 radical (unpaired) electrons. The Labute approximate surface area is 100 Å². The van der Waals surface area contributed by atoms with Gasteiger partial charge >= 0.3 is 12.1 Å². The zero-order chi connectivity index (χ0) is 13.6. The summed E-state index contributed by atoms with van der Waals surface area (Å²) in [4.78, 5) is 0. The summed E-state index contributed by atoms with van der Waals surface area (Å²) in [5, 5.41) is 9.92. The topological polar surface area (TPSA) is 20.2 Å². The molecule has 100 valence electrons. The van der Waals surface area contributed by atoms with Gasteiger partial charge in [-0.25, -0.2) is 0 Å². The Morgan fingerprint density at radius 3 is 2.28 bits per heavy atom. The van der Waals surface area contributed by atoms with Crippen LogP contribution in [0.3, 0.4) is 0 Å². The van der Waals surface area contributed by atoms with Crippen molar-refractivity contribution in [3.8, 4) is 0 Å². The molecule has 0 saturated heterocycles. The van der Waals surface area contributed by atoms with Crippen LogP contribution in [0.25, 0.3) is 0 Å². The van der Waals surface area contributed by atoms with Crippen molar-refractivity contribution in [3.63, 3.8) is 0 Å². The van der Waals surface area contributed by atoms with E-state index in [0.717, 1.165) is 6.07 Å². The first-order chi connectivity index (χ1) is 8.20. The van der Waals surface area contributed by atoms with Crippen molar-refractivity contribution in [1.29, 1.82) is 0 Å². The predicted molar refractivity (Wildman–Crippen MR) is 54.3 cm³/mol. The Morgan fingerprint density at radius 1 is 1.06 bits per heavy atom. The van der Waals surface area contributed by atoms with Gasteiger partial charge in [-0.05, 0) is 30.4 Å². The van der Waals surface area contributed by atoms with Crippen LogP contribution in [0.1, 0.15) is 24.0 Å². The molecule has 0 aromatic heterocycles. The summed E-state index contributed by atoms with van der Waals surface area (Å²) in [5.41, 5.74) is -3.14. The highest BCUT2D eigenvalue weighted by atomic mass is 19.4. The van der Waals surface area contributed by atoms with Gasteiger partial charge in [0, 0.05) is 0 Å². The molecule has 1 aliphatic rings. The molecule has 6 heteroatoms. The summed E-state index contributed by atoms with van der Waals surface area (Å²) >= 11 is 0. The van der Waals surface area contributed by atoms with Gasteiger partial charge in [0.2, 0.25) is 0 Å². The molecule has 0 bridgehead atoms. The number of aliphatic hydroxyl groups is 1. The second-order valence-electron chi connectivity index (χ2n) is 4.44. The summed E-state index contributed by atoms with van der Waals surface area (Å²) in [5.74, 6) is -5.16. The van der Waals surface area contributed by atoms with Crippen LogP contribution in [0.4, 0.5) is 22.0 Å². The summed E-state index contributed by atoms with van der Waals surface area (Å²) in [6.45, 7) is 0. The molecule has 0 aliphatic heterocycles. The van der Waals surface area contributed by atoms with Crippen LogP contribution >= 0.6 is 0 Å². The van der Waals surface area contributed by atoms with Crippen molar-refractivity contribution in [2.24, 2.45) is 0 Å². The van der Waals surface area contributed by atoms with Crippen LogP contribution in [0, 0.1) is 0 Å². The lowest BCUT2D eigenvalue weighted by atomic mass is 9.75. The van der Waals surface area contributed by atoms with Gasteiger partial charge in [0.25, 0.3) is 0 Å². The molecule has 1 aromatic rings. The van der Waals surface area contributed by atoms with Gasteiger partial charge in [0.15, 0.2) is 5.60 Å². The summed E-state index contributed by atoms with van der Waals surface area (Å²) < 4.78 is 64.3. The van der Waals surface area contributed by atoms with E-state index in [0.29, 0.717) is 12.0 Å². The van der Waals surface area contributed by atoms with Crippen LogP contribution in [0.2, 0.25) is 0 Å². The minimum absolute atomic E-state index is 0.0964. The van der Waals surface area contributed by atoms with Gasteiger partial charge in [0.1, 0.15) is 0 Å². The molecule has 0 heterocycles. The first-order valence-corrected chi connectivity index (χ1v) is 5.45. The molecular weight excluding hydrogens is 255 g/mol. The fraction of sp³-hybridized carbons (Fsp3) is 0.500. The van der Waals surface area contributed by atoms with E-state index in [1.54, 1.807) is 6.07 Å². The third-order valence-corrected chi connectivity index (χ3v) is 3.32. The highest BCUT2D eigenvalue weighted by Gasteiger charge is 2.70. The average Bonchev–Trinajstić information content (AvgIpc) is 2.28. The maximum Gasteiger partial charge on any atom is 0.456 e. The van der Waals surface area contributed by atoms with Gasteiger partial charge in [-0.2, -0.15) is 22.0 Å². The van der Waals surface area contributed by atoms with Crippen LogP contribution in [0.15, 0.2) is 24.3 Å². The summed E-state index contributed by atoms with van der Waals surface area (Å²) in [7, 11) is 0. The fourth-order valence-electron chi connectivity index (χ4n) is 2.37. The lowest BCUT2D eigenvalue weighted by molar-refractivity contribution is -0.348. The molecule has 0 amide bonds. The molecule has 0 saturated carbocycles. The van der Waals surface area contributed by atoms with Gasteiger partial charge in [0.05, 0.1) is 0 Å². The summed E-state index contributed by atoms with van der Waals surface area (Å²) in [6.07, 6.45) is -5.88. The van der Waals surface area contributed by atoms with E-state index in [4.69, 9.17) is 0 Å². The van der Waals surface area contributed by atoms with Gasteiger partial charge in [-0.1, -0.05) is 24.3 Å². The standard InChI is InChI=1S/C12H11F5O/c13-11(14,12(15,16)17)10(18)7-3-5-8-4-1-2-6-9(8)10/h1-2,4,6,18H,3,5,7H2. The van der Waals surface area contributed by atoms with Crippen molar-refractivity contribution >= 4 is 0 Å². The average molecular weight is 266 g/mol. The molecule has 1 unspecified atom stereocenters. The molecule has 0 fully saturated rings. The quantitative estimate of drug-likeness (QED) is 0.772. The Kier molecular flexibility index (Phi) is 2.88. The van der Waals surface area contributed by atoms with Crippen LogP contribution in [0.5, 0.6) is 0 Å². The lowest BCUT2D eigenvalue weighted by Gasteiger charge is -2.40. The van der Waals surface area contributed by atoms with Gasteiger partial charge in [-0.3, -0.25) is 0 Å². The van der Waals surface area contributed by atoms with Crippen LogP contribution < -0.4 is 0 Å². The van der Waals surface area contributed by atoms with Crippen molar-refractivity contribution in [1.82, 2.24) is 0 Å². The molecular formula is C12H11F5O. The first-order valence-electron chi connectivity index (χ1n) is 5.45. The number of fused-ring (bicyclic) bond motifs is 1. The number of halogens is 5. The minimum Gasteiger partial charge on any atom is -0.378 e. The van der Waals surface area contributed by atoms with E-state index >= 15 is 0 Å². The second kappa shape index (κ2) is 3.91. The SMILES string of the molecule is OC1(C(F)(F)C(F)(F)F)CCCc2ccccc21. The van der Waals surface area contributed by atoms with E-state index in [1.807, 2.05) is 0 Å². The van der Waals surface area contributed by atoms with Gasteiger partial charge in [-0.15, -0.1) is 0 Å². The molecule has 1 aliphatic carbocycles. The molecule has 18 heavy (non-hydrogen) atoms. The zero-order valence-electron chi connectivity index (χ0n) is 9.27. The smallest absolute Gasteiger partial charge is 0.378 e. The van der Waals surface area contributed by atoms with Gasteiger partial charge < -0.3 is 5.11 Å². The lowest BCUT2D eigenvalue weighted by Crippen LogP contribution is -2.56. The van der Waals surface area contributed by atoms with Crippen molar-refractivity contribution < 1.29 is 27.1 Å². The molecule has 1 N–H and O–H groups in total. The Hall–Kier alpha value is -1.17. The molecule has 1 atom stereocenters. The van der Waals surface area contributed by atoms with E-state index < -0.39 is 24.1 Å². The monoisotopic (exact) mass is 266 g/mol. The third-order valence-electron chi connectivity index (χ3n) is 3.32. The Bertz CT molecular complexity index is 454. The Balaban J connectivity index is 2.57. The number of benzene rings is 1. The maximum absolute atomic E-state index is 13.5. The number of hydrogen-bond acceptors (Lipinski definition) is 1. The van der Waals surface area contributed by atoms with Crippen molar-refractivity contribution in [2.75, 3.05) is 0 Å². The molecule has 1 aromatic carbocycles. The van der Waals surface area contributed by atoms with Crippen LogP contribution in [-0.4, -0.2) is 17.2 Å². The Morgan fingerprint density at radius 2 is 1.67 bits per heavy atom. The molecule has 0 spiro atoms. The second-order valence-corrected chi connectivity index (χ2v) is 4.44. The predicted octanol–water partition coefficient (Wildman–Crippen LogP) is 3.41. The zero-order valence-corrected chi connectivity index (χ0v) is 9.27. The summed E-state index contributed by atoms with van der Waals surface area (Å²) in [6, 6.07) is 5.50. The van der Waals surface area contributed by atoms with E-state index in [2.05, 4.69) is 0 Å². The highest BCUT2D eigenvalue weighted by Crippen LogP contribution is 2.52.